The molecule has 0 amide bonds. The molecule has 1 aliphatic rings. The van der Waals surface area contributed by atoms with Crippen LogP contribution in [0.4, 0.5) is 0 Å². The van der Waals surface area contributed by atoms with Crippen molar-refractivity contribution in [1.82, 2.24) is 4.72 Å². The molecule has 1 saturated heterocycles. The molecule has 3 N–H and O–H groups in total. The Morgan fingerprint density at radius 1 is 1.11 bits per heavy atom. The molecule has 0 aliphatic carbocycles. The molecule has 0 spiro atoms. The first-order valence-corrected chi connectivity index (χ1v) is 9.63. The van der Waals surface area contributed by atoms with E-state index in [1.807, 2.05) is 0 Å². The lowest BCUT2D eigenvalue weighted by Crippen LogP contribution is -2.40. The third kappa shape index (κ3) is 5.21. The van der Waals surface area contributed by atoms with Crippen molar-refractivity contribution in [2.24, 2.45) is 5.73 Å². The summed E-state index contributed by atoms with van der Waals surface area (Å²) in [4.78, 5) is 0. The molecule has 0 bridgehead atoms. The van der Waals surface area contributed by atoms with Crippen molar-refractivity contribution in [3.8, 4) is 0 Å². The van der Waals surface area contributed by atoms with Crippen molar-refractivity contribution < 1.29 is 16.8 Å². The van der Waals surface area contributed by atoms with Gasteiger partial charge in [0.25, 0.3) is 0 Å². The van der Waals surface area contributed by atoms with E-state index in [2.05, 4.69) is 4.72 Å². The molecule has 0 saturated carbocycles. The molecule has 1 rings (SSSR count). The van der Waals surface area contributed by atoms with Gasteiger partial charge in [0.15, 0.2) is 0 Å². The SMILES string of the molecule is NCCCCCNS(=O)(=O)C1CCS(=O)(=O)CC1. The third-order valence-electron chi connectivity index (χ3n) is 3.12. The highest BCUT2D eigenvalue weighted by Gasteiger charge is 2.32. The molecule has 1 fully saturated rings. The Morgan fingerprint density at radius 2 is 1.72 bits per heavy atom. The van der Waals surface area contributed by atoms with E-state index in [1.54, 1.807) is 0 Å². The summed E-state index contributed by atoms with van der Waals surface area (Å²) < 4.78 is 48.8. The minimum Gasteiger partial charge on any atom is -0.330 e. The fourth-order valence-corrected chi connectivity index (χ4v) is 5.27. The van der Waals surface area contributed by atoms with Gasteiger partial charge in [-0.25, -0.2) is 21.6 Å². The standard InChI is InChI=1S/C10H22N2O4S2/c11-6-2-1-3-7-12-18(15,16)10-4-8-17(13,14)9-5-10/h10,12H,1-9,11H2. The van der Waals surface area contributed by atoms with Gasteiger partial charge >= 0.3 is 0 Å². The van der Waals surface area contributed by atoms with Crippen molar-refractivity contribution >= 4 is 19.9 Å². The number of unbranched alkanes of at least 4 members (excludes halogenated alkanes) is 2. The quantitative estimate of drug-likeness (QED) is 0.623. The zero-order valence-corrected chi connectivity index (χ0v) is 12.1. The zero-order chi connectivity index (χ0) is 13.6. The predicted octanol–water partition coefficient (Wildman–Crippen LogP) is -0.388. The average Bonchev–Trinajstić information content (AvgIpc) is 2.28. The van der Waals surface area contributed by atoms with Crippen LogP contribution in [0.2, 0.25) is 0 Å². The Balaban J connectivity index is 2.36. The highest BCUT2D eigenvalue weighted by Crippen LogP contribution is 2.18. The van der Waals surface area contributed by atoms with Crippen molar-refractivity contribution in [3.63, 3.8) is 0 Å². The summed E-state index contributed by atoms with van der Waals surface area (Å²) in [5.74, 6) is -0.0441. The molecule has 0 radical (unpaired) electrons. The number of nitrogens with one attached hydrogen (secondary N) is 1. The monoisotopic (exact) mass is 298 g/mol. The number of hydrogen-bond donors (Lipinski definition) is 2. The van der Waals surface area contributed by atoms with Gasteiger partial charge in [-0.3, -0.25) is 0 Å². The van der Waals surface area contributed by atoms with Crippen LogP contribution in [0.25, 0.3) is 0 Å². The third-order valence-corrected chi connectivity index (χ3v) is 6.80. The molecule has 18 heavy (non-hydrogen) atoms. The van der Waals surface area contributed by atoms with Gasteiger partial charge in [-0.2, -0.15) is 0 Å². The fourth-order valence-electron chi connectivity index (χ4n) is 1.96. The molecule has 0 atom stereocenters. The summed E-state index contributed by atoms with van der Waals surface area (Å²) in [6.07, 6.45) is 2.98. The van der Waals surface area contributed by atoms with Crippen LogP contribution in [0, 0.1) is 0 Å². The number of rotatable bonds is 7. The Hall–Kier alpha value is -0.180. The molecule has 0 aromatic rings. The minimum atomic E-state index is -3.37. The first-order chi connectivity index (χ1) is 8.37. The van der Waals surface area contributed by atoms with Gasteiger partial charge in [0.1, 0.15) is 9.84 Å². The second-order valence-corrected chi connectivity index (χ2v) is 8.99. The lowest BCUT2D eigenvalue weighted by atomic mass is 10.2. The topological polar surface area (TPSA) is 106 Å². The molecule has 0 aromatic carbocycles. The second kappa shape index (κ2) is 6.83. The smallest absolute Gasteiger partial charge is 0.214 e. The molecule has 8 heteroatoms. The maximum absolute atomic E-state index is 11.9. The van der Waals surface area contributed by atoms with E-state index in [0.29, 0.717) is 13.1 Å². The van der Waals surface area contributed by atoms with Gasteiger partial charge in [-0.1, -0.05) is 6.42 Å². The van der Waals surface area contributed by atoms with Gasteiger partial charge in [0, 0.05) is 6.54 Å². The van der Waals surface area contributed by atoms with E-state index in [0.717, 1.165) is 19.3 Å². The average molecular weight is 298 g/mol. The first kappa shape index (κ1) is 15.9. The van der Waals surface area contributed by atoms with Crippen LogP contribution < -0.4 is 10.5 Å². The fraction of sp³-hybridized carbons (Fsp3) is 1.00. The van der Waals surface area contributed by atoms with Crippen LogP contribution in [0.3, 0.4) is 0 Å². The summed E-state index contributed by atoms with van der Waals surface area (Å²) in [6, 6.07) is 0. The molecule has 1 heterocycles. The molecule has 108 valence electrons. The molecular formula is C10H22N2O4S2. The van der Waals surface area contributed by atoms with Gasteiger partial charge in [0.2, 0.25) is 10.0 Å². The van der Waals surface area contributed by atoms with Crippen LogP contribution >= 0.6 is 0 Å². The number of sulfonamides is 1. The molecule has 0 aromatic heterocycles. The Bertz CT molecular complexity index is 430. The summed E-state index contributed by atoms with van der Waals surface area (Å²) in [5, 5.41) is -0.560. The zero-order valence-electron chi connectivity index (χ0n) is 10.5. The number of sulfone groups is 1. The summed E-state index contributed by atoms with van der Waals surface area (Å²) in [7, 11) is -6.38. The largest absolute Gasteiger partial charge is 0.330 e. The van der Waals surface area contributed by atoms with E-state index in [1.165, 1.54) is 0 Å². The molecule has 0 unspecified atom stereocenters. The lowest BCUT2D eigenvalue weighted by molar-refractivity contribution is 0.539. The van der Waals surface area contributed by atoms with Gasteiger partial charge in [-0.15, -0.1) is 0 Å². The van der Waals surface area contributed by atoms with Crippen LogP contribution in [0.1, 0.15) is 32.1 Å². The minimum absolute atomic E-state index is 0.0221. The van der Waals surface area contributed by atoms with Crippen molar-refractivity contribution in [1.29, 1.82) is 0 Å². The van der Waals surface area contributed by atoms with E-state index >= 15 is 0 Å². The van der Waals surface area contributed by atoms with Crippen molar-refractivity contribution in [2.45, 2.75) is 37.4 Å². The van der Waals surface area contributed by atoms with Gasteiger partial charge < -0.3 is 5.73 Å². The van der Waals surface area contributed by atoms with Crippen LogP contribution in [0.15, 0.2) is 0 Å². The van der Waals surface area contributed by atoms with E-state index in [4.69, 9.17) is 5.73 Å². The van der Waals surface area contributed by atoms with E-state index < -0.39 is 25.1 Å². The maximum atomic E-state index is 11.9. The Kier molecular flexibility index (Phi) is 6.03. The van der Waals surface area contributed by atoms with Crippen molar-refractivity contribution in [3.05, 3.63) is 0 Å². The Labute approximate surface area is 109 Å². The summed E-state index contributed by atoms with van der Waals surface area (Å²) >= 11 is 0. The van der Waals surface area contributed by atoms with Gasteiger partial charge in [0.05, 0.1) is 16.8 Å². The van der Waals surface area contributed by atoms with Crippen LogP contribution in [-0.2, 0) is 19.9 Å². The van der Waals surface area contributed by atoms with Crippen LogP contribution in [-0.4, -0.2) is 46.7 Å². The summed E-state index contributed by atoms with van der Waals surface area (Å²) in [6.45, 7) is 1.03. The van der Waals surface area contributed by atoms with Crippen LogP contribution in [0.5, 0.6) is 0 Å². The second-order valence-electron chi connectivity index (χ2n) is 4.64. The number of hydrogen-bond acceptors (Lipinski definition) is 5. The number of nitrogens with two attached hydrogens (primary N) is 1. The molecule has 1 aliphatic heterocycles. The molecular weight excluding hydrogens is 276 g/mol. The highest BCUT2D eigenvalue weighted by atomic mass is 32.2. The summed E-state index contributed by atoms with van der Waals surface area (Å²) in [5.41, 5.74) is 5.34. The van der Waals surface area contributed by atoms with E-state index in [-0.39, 0.29) is 24.3 Å². The van der Waals surface area contributed by atoms with Gasteiger partial charge in [-0.05, 0) is 32.2 Å². The highest BCUT2D eigenvalue weighted by molar-refractivity contribution is 7.92. The Morgan fingerprint density at radius 3 is 2.28 bits per heavy atom. The van der Waals surface area contributed by atoms with Crippen molar-refractivity contribution in [2.75, 3.05) is 24.6 Å². The maximum Gasteiger partial charge on any atom is 0.214 e. The molecule has 6 nitrogen and oxygen atoms in total. The lowest BCUT2D eigenvalue weighted by Gasteiger charge is -2.22. The predicted molar refractivity (Wildman–Crippen MR) is 71.5 cm³/mol. The first-order valence-electron chi connectivity index (χ1n) is 6.26. The normalized spacial score (nSPS) is 20.9. The van der Waals surface area contributed by atoms with E-state index in [9.17, 15) is 16.8 Å².